The second-order valence-electron chi connectivity index (χ2n) is 10.1. The summed E-state index contributed by atoms with van der Waals surface area (Å²) in [6, 6.07) is 4.04. The number of H-pyrrole nitrogens is 1. The van der Waals surface area contributed by atoms with Crippen LogP contribution in [-0.2, 0) is 24.3 Å². The van der Waals surface area contributed by atoms with E-state index in [1.165, 1.54) is 31.2 Å². The predicted octanol–water partition coefficient (Wildman–Crippen LogP) is 2.48. The van der Waals surface area contributed by atoms with Crippen LogP contribution >= 0.6 is 0 Å². The topological polar surface area (TPSA) is 82.2 Å². The molecule has 2 aliphatic carbocycles. The van der Waals surface area contributed by atoms with E-state index in [0.717, 1.165) is 49.6 Å². The van der Waals surface area contributed by atoms with Gasteiger partial charge < -0.3 is 9.88 Å². The van der Waals surface area contributed by atoms with Crippen molar-refractivity contribution in [2.24, 2.45) is 17.8 Å². The summed E-state index contributed by atoms with van der Waals surface area (Å²) in [7, 11) is 0. The number of fused-ring (bicyclic) bond motifs is 2. The van der Waals surface area contributed by atoms with Crippen LogP contribution in [0.15, 0.2) is 29.3 Å². The van der Waals surface area contributed by atoms with E-state index in [1.54, 1.807) is 6.20 Å². The van der Waals surface area contributed by atoms with Gasteiger partial charge in [-0.05, 0) is 49.1 Å². The fourth-order valence-electron chi connectivity index (χ4n) is 6.34. The molecule has 2 aliphatic heterocycles. The number of nitrogens with one attached hydrogen (secondary N) is 1. The third-order valence-electron chi connectivity index (χ3n) is 8.13. The van der Waals surface area contributed by atoms with Crippen LogP contribution in [0.5, 0.6) is 0 Å². The van der Waals surface area contributed by atoms with Gasteiger partial charge in [0.2, 0.25) is 5.91 Å². The van der Waals surface area contributed by atoms with Gasteiger partial charge in [0.05, 0.1) is 5.69 Å². The monoisotopic (exact) mass is 433 g/mol. The van der Waals surface area contributed by atoms with Crippen LogP contribution in [0.3, 0.4) is 0 Å². The van der Waals surface area contributed by atoms with Crippen molar-refractivity contribution in [3.63, 3.8) is 0 Å². The Morgan fingerprint density at radius 2 is 2.00 bits per heavy atom. The van der Waals surface area contributed by atoms with Gasteiger partial charge in [-0.25, -0.2) is 4.98 Å². The molecule has 1 amide bonds. The smallest absolute Gasteiger partial charge is 0.254 e. The zero-order valence-electron chi connectivity index (χ0n) is 18.5. The largest absolute Gasteiger partial charge is 0.342 e. The average molecular weight is 434 g/mol. The first-order chi connectivity index (χ1) is 15.7. The number of pyridine rings is 1. The average Bonchev–Trinajstić information content (AvgIpc) is 3.33. The van der Waals surface area contributed by atoms with Crippen molar-refractivity contribution in [1.29, 1.82) is 0 Å². The zero-order valence-corrected chi connectivity index (χ0v) is 18.5. The molecular weight excluding hydrogens is 402 g/mol. The molecule has 168 valence electrons. The minimum atomic E-state index is 0.00372. The molecule has 0 radical (unpaired) electrons. The molecule has 1 saturated heterocycles. The van der Waals surface area contributed by atoms with Gasteiger partial charge in [0, 0.05) is 62.5 Å². The molecule has 4 heterocycles. The molecule has 4 atom stereocenters. The summed E-state index contributed by atoms with van der Waals surface area (Å²) in [6.07, 6.45) is 10.3. The van der Waals surface area contributed by atoms with Crippen LogP contribution < -0.4 is 5.56 Å². The lowest BCUT2D eigenvalue weighted by Crippen LogP contribution is -2.36. The summed E-state index contributed by atoms with van der Waals surface area (Å²) >= 11 is 0. The molecule has 6 rings (SSSR count). The Labute approximate surface area is 188 Å². The normalized spacial score (nSPS) is 29.4. The number of hydrogen-bond donors (Lipinski definition) is 1. The molecule has 2 saturated carbocycles. The van der Waals surface area contributed by atoms with Gasteiger partial charge in [0.25, 0.3) is 5.56 Å². The van der Waals surface area contributed by atoms with Gasteiger partial charge in [0.15, 0.2) is 0 Å². The van der Waals surface area contributed by atoms with Crippen molar-refractivity contribution in [1.82, 2.24) is 24.8 Å². The molecule has 3 fully saturated rings. The number of amides is 1. The van der Waals surface area contributed by atoms with Crippen molar-refractivity contribution in [3.05, 3.63) is 57.5 Å². The molecule has 4 aliphatic rings. The Bertz CT molecular complexity index is 1060. The number of rotatable bonds is 4. The maximum atomic E-state index is 13.1. The van der Waals surface area contributed by atoms with Crippen LogP contribution in [0.1, 0.15) is 60.7 Å². The highest BCUT2D eigenvalue weighted by molar-refractivity contribution is 5.82. The molecule has 32 heavy (non-hydrogen) atoms. The predicted molar refractivity (Wildman–Crippen MR) is 120 cm³/mol. The molecule has 0 bridgehead atoms. The summed E-state index contributed by atoms with van der Waals surface area (Å²) < 4.78 is 0. The van der Waals surface area contributed by atoms with E-state index in [4.69, 9.17) is 4.98 Å². The Hall–Kier alpha value is -2.54. The second-order valence-corrected chi connectivity index (χ2v) is 10.1. The van der Waals surface area contributed by atoms with Crippen molar-refractivity contribution in [2.45, 2.75) is 57.5 Å². The Kier molecular flexibility index (Phi) is 5.09. The number of nitrogens with zero attached hydrogens (tertiary/aromatic N) is 4. The molecule has 2 aromatic rings. The lowest BCUT2D eigenvalue weighted by Gasteiger charge is -2.28. The van der Waals surface area contributed by atoms with E-state index in [1.807, 2.05) is 17.2 Å². The first-order valence-corrected chi connectivity index (χ1v) is 12.2. The van der Waals surface area contributed by atoms with E-state index in [0.29, 0.717) is 30.8 Å². The van der Waals surface area contributed by atoms with E-state index >= 15 is 0 Å². The Morgan fingerprint density at radius 3 is 2.78 bits per heavy atom. The highest BCUT2D eigenvalue weighted by Crippen LogP contribution is 2.56. The van der Waals surface area contributed by atoms with Gasteiger partial charge >= 0.3 is 0 Å². The van der Waals surface area contributed by atoms with Crippen molar-refractivity contribution < 1.29 is 4.79 Å². The molecule has 0 spiro atoms. The van der Waals surface area contributed by atoms with Gasteiger partial charge in [-0.2, -0.15) is 0 Å². The third-order valence-corrected chi connectivity index (χ3v) is 8.13. The first kappa shape index (κ1) is 20.1. The number of aromatic nitrogens is 3. The first-order valence-electron chi connectivity index (χ1n) is 12.2. The van der Waals surface area contributed by atoms with Crippen molar-refractivity contribution >= 4 is 5.91 Å². The number of likely N-dealkylation sites (tertiary alicyclic amines) is 1. The lowest BCUT2D eigenvalue weighted by molar-refractivity contribution is -0.132. The van der Waals surface area contributed by atoms with Crippen LogP contribution in [0.2, 0.25) is 0 Å². The Morgan fingerprint density at radius 1 is 1.16 bits per heavy atom. The summed E-state index contributed by atoms with van der Waals surface area (Å²) in [4.78, 5) is 42.5. The molecule has 7 heteroatoms. The zero-order chi connectivity index (χ0) is 21.7. The fraction of sp³-hybridized carbons (Fsp3) is 0.600. The summed E-state index contributed by atoms with van der Waals surface area (Å²) in [5.74, 6) is 2.80. The van der Waals surface area contributed by atoms with Crippen LogP contribution in [0, 0.1) is 17.8 Å². The van der Waals surface area contributed by atoms with Crippen molar-refractivity contribution in [3.8, 4) is 0 Å². The van der Waals surface area contributed by atoms with Gasteiger partial charge in [-0.15, -0.1) is 0 Å². The highest BCUT2D eigenvalue weighted by atomic mass is 16.2. The number of aromatic amines is 1. The van der Waals surface area contributed by atoms with Crippen LogP contribution in [0.25, 0.3) is 0 Å². The lowest BCUT2D eigenvalue weighted by atomic mass is 10.0. The van der Waals surface area contributed by atoms with Gasteiger partial charge in [-0.1, -0.05) is 18.9 Å². The second kappa shape index (κ2) is 8.10. The van der Waals surface area contributed by atoms with Crippen molar-refractivity contribution in [2.75, 3.05) is 19.6 Å². The van der Waals surface area contributed by atoms with Gasteiger partial charge in [-0.3, -0.25) is 19.5 Å². The Balaban J connectivity index is 1.15. The number of carbonyl (C=O) groups excluding carboxylic acids is 1. The molecular formula is C25H31N5O2. The number of carbonyl (C=O) groups is 1. The summed E-state index contributed by atoms with van der Waals surface area (Å²) in [5, 5.41) is 0. The number of hydrogen-bond acceptors (Lipinski definition) is 5. The van der Waals surface area contributed by atoms with Gasteiger partial charge in [0.1, 0.15) is 5.82 Å². The molecule has 2 aromatic heterocycles. The van der Waals surface area contributed by atoms with E-state index in [-0.39, 0.29) is 17.4 Å². The van der Waals surface area contributed by atoms with E-state index in [9.17, 15) is 9.59 Å². The van der Waals surface area contributed by atoms with E-state index < -0.39 is 0 Å². The van der Waals surface area contributed by atoms with Crippen LogP contribution in [-0.4, -0.2) is 50.3 Å². The minimum Gasteiger partial charge on any atom is -0.342 e. The molecule has 7 nitrogen and oxygen atoms in total. The highest BCUT2D eigenvalue weighted by Gasteiger charge is 2.56. The SMILES string of the molecule is O=C(C1[C@H]2CCCC[C@@H]12)N1CC[C@H](c2nc3c(c(=O)[nH]2)CCN(Cc2cccnc2)C3)C1. The molecule has 1 unspecified atom stereocenters. The standard InChI is InChI=1S/C25H31N5O2/c31-24-20-8-10-29(13-16-4-3-9-26-12-16)15-21(20)27-23(28-24)17-7-11-30(14-17)25(32)22-18-5-1-2-6-19(18)22/h3-4,9,12,17-19,22H,1-2,5-8,10-11,13-15H2,(H,27,28,31)/t17-,18-,19+,22?/m0/s1. The maximum Gasteiger partial charge on any atom is 0.254 e. The third kappa shape index (κ3) is 3.66. The summed E-state index contributed by atoms with van der Waals surface area (Å²) in [6.45, 7) is 3.82. The maximum absolute atomic E-state index is 13.1. The molecule has 1 N–H and O–H groups in total. The molecule has 0 aromatic carbocycles. The minimum absolute atomic E-state index is 0.00372. The van der Waals surface area contributed by atoms with Crippen LogP contribution in [0.4, 0.5) is 0 Å². The quantitative estimate of drug-likeness (QED) is 0.801. The fourth-order valence-corrected chi connectivity index (χ4v) is 6.34. The van der Waals surface area contributed by atoms with E-state index in [2.05, 4.69) is 20.9 Å². The summed E-state index contributed by atoms with van der Waals surface area (Å²) in [5.41, 5.74) is 2.90.